The molecule has 0 saturated carbocycles. The highest BCUT2D eigenvalue weighted by Crippen LogP contribution is 2.42. The summed E-state index contributed by atoms with van der Waals surface area (Å²) in [4.78, 5) is 0.251. The number of halogens is 1. The van der Waals surface area contributed by atoms with Crippen molar-refractivity contribution in [1.29, 1.82) is 0 Å². The molecule has 1 aromatic heterocycles. The lowest BCUT2D eigenvalue weighted by atomic mass is 10.1. The molecule has 0 spiro atoms. The van der Waals surface area contributed by atoms with Crippen LogP contribution in [0.25, 0.3) is 10.9 Å². The molecule has 3 aromatic rings. The van der Waals surface area contributed by atoms with E-state index >= 15 is 0 Å². The van der Waals surface area contributed by atoms with Crippen molar-refractivity contribution in [3.8, 4) is 0 Å². The summed E-state index contributed by atoms with van der Waals surface area (Å²) in [5.41, 5.74) is 7.15. The fourth-order valence-corrected chi connectivity index (χ4v) is 13.2. The fraction of sp³-hybridized carbons (Fsp3) is 0.452. The van der Waals surface area contributed by atoms with Gasteiger partial charge >= 0.3 is 0 Å². The van der Waals surface area contributed by atoms with Gasteiger partial charge in [-0.25, -0.2) is 12.4 Å². The van der Waals surface area contributed by atoms with E-state index < -0.39 is 18.3 Å². The topological polar surface area (TPSA) is 68.5 Å². The van der Waals surface area contributed by atoms with Gasteiger partial charge in [-0.1, -0.05) is 81.2 Å². The third kappa shape index (κ3) is 6.70. The Morgan fingerprint density at radius 1 is 1.03 bits per heavy atom. The van der Waals surface area contributed by atoms with Crippen molar-refractivity contribution in [2.45, 2.75) is 76.4 Å². The van der Waals surface area contributed by atoms with Crippen molar-refractivity contribution in [2.24, 2.45) is 5.92 Å². The average molecular weight is 633 g/mol. The second-order valence-electron chi connectivity index (χ2n) is 11.2. The first-order valence-electron chi connectivity index (χ1n) is 13.6. The van der Waals surface area contributed by atoms with E-state index in [0.29, 0.717) is 35.2 Å². The van der Waals surface area contributed by atoms with E-state index in [1.54, 1.807) is 30.5 Å². The van der Waals surface area contributed by atoms with E-state index in [2.05, 4.69) is 63.2 Å². The Bertz CT molecular complexity index is 1410. The maximum Gasteiger partial charge on any atom is 0.268 e. The zero-order valence-electron chi connectivity index (χ0n) is 24.1. The summed E-state index contributed by atoms with van der Waals surface area (Å²) >= 11 is 3.61. The van der Waals surface area contributed by atoms with E-state index in [-0.39, 0.29) is 17.4 Å². The lowest BCUT2D eigenvalue weighted by Crippen LogP contribution is -2.48. The van der Waals surface area contributed by atoms with Crippen LogP contribution in [0, 0.1) is 12.8 Å². The molecular formula is C31H42BrNO4SSi. The number of aromatic nitrogens is 1. The minimum atomic E-state index is -3.76. The van der Waals surface area contributed by atoms with Gasteiger partial charge < -0.3 is 9.53 Å². The number of aliphatic hydroxyl groups excluding tert-OH is 1. The van der Waals surface area contributed by atoms with Gasteiger partial charge in [-0.05, 0) is 65.5 Å². The third-order valence-corrected chi connectivity index (χ3v) is 16.1. The van der Waals surface area contributed by atoms with Gasteiger partial charge in [0.2, 0.25) is 0 Å². The number of aryl methyl sites for hydroxylation is 1. The highest BCUT2D eigenvalue weighted by atomic mass is 79.9. The molecule has 212 valence electrons. The molecule has 0 amide bonds. The molecule has 3 rings (SSSR count). The van der Waals surface area contributed by atoms with E-state index in [9.17, 15) is 13.5 Å². The Kier molecular flexibility index (Phi) is 10.7. The van der Waals surface area contributed by atoms with E-state index in [4.69, 9.17) is 4.43 Å². The predicted molar refractivity (Wildman–Crippen MR) is 167 cm³/mol. The summed E-state index contributed by atoms with van der Waals surface area (Å²) in [6.07, 6.45) is 5.95. The predicted octanol–water partition coefficient (Wildman–Crippen LogP) is 8.00. The number of rotatable bonds is 12. The monoisotopic (exact) mass is 631 g/mol. The Morgan fingerprint density at radius 2 is 1.64 bits per heavy atom. The first-order chi connectivity index (χ1) is 18.4. The molecule has 0 aliphatic heterocycles. The summed E-state index contributed by atoms with van der Waals surface area (Å²) in [6.45, 7) is 15.9. The number of hydrogen-bond donors (Lipinski definition) is 1. The van der Waals surface area contributed by atoms with E-state index in [1.165, 1.54) is 3.97 Å². The number of hydrogen-bond acceptors (Lipinski definition) is 4. The summed E-state index contributed by atoms with van der Waals surface area (Å²) in [6, 6.07) is 12.5. The molecule has 0 fully saturated rings. The van der Waals surface area contributed by atoms with Crippen molar-refractivity contribution in [1.82, 2.24) is 3.97 Å². The maximum atomic E-state index is 13.5. The Morgan fingerprint density at radius 3 is 2.21 bits per heavy atom. The van der Waals surface area contributed by atoms with Crippen LogP contribution in [0.15, 0.2) is 75.9 Å². The van der Waals surface area contributed by atoms with Gasteiger partial charge in [-0.2, -0.15) is 0 Å². The first kappa shape index (κ1) is 31.6. The van der Waals surface area contributed by atoms with Crippen LogP contribution in [0.5, 0.6) is 0 Å². The molecule has 2 aromatic carbocycles. The van der Waals surface area contributed by atoms with E-state index in [1.807, 2.05) is 37.3 Å². The minimum Gasteiger partial charge on any atom is -0.415 e. The number of fused-ring (bicyclic) bond motifs is 1. The SMILES string of the molecule is Cc1ccc(S(=O)(=O)n2cc(CC=C=CC(CO)CO[Si](C(C)C)(C(C)C)C(C)C)c3c(Br)cccc32)cc1. The molecule has 0 aliphatic carbocycles. The molecule has 0 radical (unpaired) electrons. The average Bonchev–Trinajstić information content (AvgIpc) is 3.26. The van der Waals surface area contributed by atoms with Crippen molar-refractivity contribution in [3.63, 3.8) is 0 Å². The Labute approximate surface area is 243 Å². The maximum absolute atomic E-state index is 13.5. The molecule has 0 aliphatic rings. The quantitative estimate of drug-likeness (QED) is 0.162. The van der Waals surface area contributed by atoms with E-state index in [0.717, 1.165) is 21.0 Å². The summed E-state index contributed by atoms with van der Waals surface area (Å²) in [7, 11) is -5.79. The van der Waals surface area contributed by atoms with Crippen LogP contribution in [0.2, 0.25) is 16.6 Å². The van der Waals surface area contributed by atoms with Crippen LogP contribution < -0.4 is 0 Å². The van der Waals surface area contributed by atoms with Crippen molar-refractivity contribution < 1.29 is 18.0 Å². The Hall–Kier alpha value is -1.93. The van der Waals surface area contributed by atoms with Gasteiger partial charge in [0.25, 0.3) is 10.0 Å². The molecule has 0 saturated heterocycles. The molecule has 39 heavy (non-hydrogen) atoms. The lowest BCUT2D eigenvalue weighted by Gasteiger charge is -2.42. The molecule has 1 atom stereocenters. The first-order valence-corrected chi connectivity index (χ1v) is 18.0. The van der Waals surface area contributed by atoms with Crippen LogP contribution in [-0.4, -0.2) is 39.0 Å². The molecule has 1 unspecified atom stereocenters. The standard InChI is InChI=1S/C31H42BrNO4SSi/c1-22(2)39(23(3)4,24(5)6)37-21-26(20-34)11-8-9-12-27-19-33(30-14-10-13-29(32)31(27)30)38(35,36)28-17-15-25(7)16-18-28/h9-11,13-19,22-24,26,34H,12,20-21H2,1-7H3. The van der Waals surface area contributed by atoms with Crippen molar-refractivity contribution in [2.75, 3.05) is 13.2 Å². The normalized spacial score (nSPS) is 13.3. The molecule has 1 N–H and O–H groups in total. The van der Waals surface area contributed by atoms with Gasteiger partial charge in [-0.3, -0.25) is 0 Å². The van der Waals surface area contributed by atoms with Crippen molar-refractivity contribution in [3.05, 3.63) is 82.1 Å². The second kappa shape index (κ2) is 13.2. The van der Waals surface area contributed by atoms with Gasteiger partial charge in [-0.15, -0.1) is 5.73 Å². The van der Waals surface area contributed by atoms with Crippen LogP contribution in [0.4, 0.5) is 0 Å². The van der Waals surface area contributed by atoms with Gasteiger partial charge in [0.1, 0.15) is 0 Å². The van der Waals surface area contributed by atoms with Gasteiger partial charge in [0, 0.05) is 35.0 Å². The molecule has 0 bridgehead atoms. The summed E-state index contributed by atoms with van der Waals surface area (Å²) in [5.74, 6) is -0.153. The minimum absolute atomic E-state index is 0.0146. The second-order valence-corrected chi connectivity index (χ2v) is 19.3. The number of benzene rings is 2. The number of nitrogens with zero attached hydrogens (tertiary/aromatic N) is 1. The third-order valence-electron chi connectivity index (χ3n) is 7.66. The van der Waals surface area contributed by atoms with Crippen LogP contribution in [0.3, 0.4) is 0 Å². The fourth-order valence-electron chi connectivity index (χ4n) is 5.75. The molecule has 1 heterocycles. The van der Waals surface area contributed by atoms with Crippen LogP contribution >= 0.6 is 15.9 Å². The summed E-state index contributed by atoms with van der Waals surface area (Å²) in [5, 5.41) is 10.9. The molecule has 8 heteroatoms. The van der Waals surface area contributed by atoms with Crippen LogP contribution in [-0.2, 0) is 20.9 Å². The highest BCUT2D eigenvalue weighted by molar-refractivity contribution is 9.10. The zero-order valence-corrected chi connectivity index (χ0v) is 27.5. The van der Waals surface area contributed by atoms with Crippen LogP contribution in [0.1, 0.15) is 52.7 Å². The highest BCUT2D eigenvalue weighted by Gasteiger charge is 2.45. The molecular weight excluding hydrogens is 590 g/mol. The smallest absolute Gasteiger partial charge is 0.268 e. The van der Waals surface area contributed by atoms with Gasteiger partial charge in [0.05, 0.1) is 17.0 Å². The summed E-state index contributed by atoms with van der Waals surface area (Å²) < 4.78 is 35.9. The largest absolute Gasteiger partial charge is 0.415 e. The lowest BCUT2D eigenvalue weighted by molar-refractivity contribution is 0.177. The van der Waals surface area contributed by atoms with Crippen molar-refractivity contribution >= 4 is 45.2 Å². The Balaban J connectivity index is 1.88. The molecule has 5 nitrogen and oxygen atoms in total. The number of aliphatic hydroxyl groups is 1. The van der Waals surface area contributed by atoms with Gasteiger partial charge in [0.15, 0.2) is 8.32 Å². The zero-order chi connectivity index (χ0) is 29.0.